The van der Waals surface area contributed by atoms with Crippen LogP contribution in [0.2, 0.25) is 0 Å². The van der Waals surface area contributed by atoms with Crippen LogP contribution in [-0.2, 0) is 11.2 Å². The van der Waals surface area contributed by atoms with Gasteiger partial charge in [0.2, 0.25) is 0 Å². The summed E-state index contributed by atoms with van der Waals surface area (Å²) < 4.78 is 20.2. The molecular weight excluding hydrogens is 309 g/mol. The van der Waals surface area contributed by atoms with Crippen LogP contribution in [0.3, 0.4) is 0 Å². The Kier molecular flexibility index (Phi) is 6.43. The van der Waals surface area contributed by atoms with Crippen molar-refractivity contribution >= 4 is 15.9 Å². The lowest BCUT2D eigenvalue weighted by Gasteiger charge is -2.34. The quantitative estimate of drug-likeness (QED) is 0.817. The van der Waals surface area contributed by atoms with E-state index in [0.29, 0.717) is 12.0 Å². The van der Waals surface area contributed by atoms with E-state index in [1.54, 1.807) is 7.11 Å². The fourth-order valence-corrected chi connectivity index (χ4v) is 2.26. The molecule has 0 aliphatic rings. The molecule has 0 spiro atoms. The van der Waals surface area contributed by atoms with E-state index in [1.165, 1.54) is 6.07 Å². The molecule has 1 rings (SSSR count). The van der Waals surface area contributed by atoms with Crippen molar-refractivity contribution in [3.8, 4) is 0 Å². The Balaban J connectivity index is 2.87. The molecule has 0 amide bonds. The van der Waals surface area contributed by atoms with Gasteiger partial charge in [0, 0.05) is 17.6 Å². The molecule has 19 heavy (non-hydrogen) atoms. The number of nitrogens with one attached hydrogen (secondary N) is 1. The molecule has 2 nitrogen and oxygen atoms in total. The summed E-state index contributed by atoms with van der Waals surface area (Å²) in [5.41, 5.74) is 0.372. The molecule has 0 fully saturated rings. The number of benzene rings is 1. The molecular formula is C15H23BrFNO. The van der Waals surface area contributed by atoms with E-state index in [1.807, 2.05) is 26.0 Å². The van der Waals surface area contributed by atoms with Crippen LogP contribution in [-0.4, -0.2) is 25.3 Å². The highest BCUT2D eigenvalue weighted by atomic mass is 79.9. The molecule has 0 bridgehead atoms. The Hall–Kier alpha value is -0.450. The minimum atomic E-state index is -0.339. The zero-order chi connectivity index (χ0) is 14.5. The van der Waals surface area contributed by atoms with Gasteiger partial charge in [0.1, 0.15) is 5.82 Å². The lowest BCUT2D eigenvalue weighted by Crippen LogP contribution is -2.49. The Morgan fingerprint density at radius 1 is 1.42 bits per heavy atom. The lowest BCUT2D eigenvalue weighted by atomic mass is 9.91. The Morgan fingerprint density at radius 3 is 2.63 bits per heavy atom. The minimum absolute atomic E-state index is 0.0770. The molecule has 0 saturated heterocycles. The molecule has 0 heterocycles. The summed E-state index contributed by atoms with van der Waals surface area (Å²) in [5, 5.41) is 3.45. The first-order valence-electron chi connectivity index (χ1n) is 6.63. The van der Waals surface area contributed by atoms with Gasteiger partial charge in [0.05, 0.1) is 5.60 Å². The van der Waals surface area contributed by atoms with Gasteiger partial charge in [-0.3, -0.25) is 0 Å². The molecule has 1 atom stereocenters. The van der Waals surface area contributed by atoms with Gasteiger partial charge in [-0.25, -0.2) is 4.39 Å². The van der Waals surface area contributed by atoms with Gasteiger partial charge in [-0.2, -0.15) is 0 Å². The number of rotatable bonds is 7. The third-order valence-electron chi connectivity index (χ3n) is 3.45. The molecule has 0 radical (unpaired) electrons. The van der Waals surface area contributed by atoms with Crippen molar-refractivity contribution in [2.75, 3.05) is 13.7 Å². The summed E-state index contributed by atoms with van der Waals surface area (Å²) in [6.45, 7) is 7.06. The highest BCUT2D eigenvalue weighted by Crippen LogP contribution is 2.22. The Labute approximate surface area is 123 Å². The maximum Gasteiger partial charge on any atom is 0.127 e. The molecule has 4 heteroatoms. The number of halogens is 2. The molecule has 0 aliphatic carbocycles. The van der Waals surface area contributed by atoms with E-state index in [2.05, 4.69) is 28.2 Å². The van der Waals surface area contributed by atoms with Crippen molar-refractivity contribution in [3.05, 3.63) is 34.1 Å². The van der Waals surface area contributed by atoms with Crippen LogP contribution in [0.4, 0.5) is 4.39 Å². The van der Waals surface area contributed by atoms with Crippen LogP contribution >= 0.6 is 15.9 Å². The smallest absolute Gasteiger partial charge is 0.127 e. The first-order valence-corrected chi connectivity index (χ1v) is 7.42. The van der Waals surface area contributed by atoms with Crippen LogP contribution < -0.4 is 5.32 Å². The fourth-order valence-electron chi connectivity index (χ4n) is 1.93. The first kappa shape index (κ1) is 16.6. The van der Waals surface area contributed by atoms with Crippen molar-refractivity contribution < 1.29 is 9.13 Å². The fraction of sp³-hybridized carbons (Fsp3) is 0.600. The van der Waals surface area contributed by atoms with Crippen molar-refractivity contribution in [3.63, 3.8) is 0 Å². The standard InChI is InChI=1S/C15H23BrFNO/c1-5-8-18-14(15(2,3)19-4)9-11-6-7-12(16)10-13(11)17/h6-7,10,14,18H,5,8-9H2,1-4H3. The highest BCUT2D eigenvalue weighted by Gasteiger charge is 2.29. The van der Waals surface area contributed by atoms with Crippen LogP contribution in [0.1, 0.15) is 32.8 Å². The monoisotopic (exact) mass is 331 g/mol. The van der Waals surface area contributed by atoms with E-state index in [9.17, 15) is 4.39 Å². The second-order valence-corrected chi connectivity index (χ2v) is 6.17. The van der Waals surface area contributed by atoms with Crippen LogP contribution in [0, 0.1) is 5.82 Å². The normalized spacial score (nSPS) is 13.6. The Bertz CT molecular complexity index is 409. The van der Waals surface area contributed by atoms with Crippen molar-refractivity contribution in [2.45, 2.75) is 45.3 Å². The summed E-state index contributed by atoms with van der Waals surface area (Å²) in [4.78, 5) is 0. The van der Waals surface area contributed by atoms with Crippen LogP contribution in [0.5, 0.6) is 0 Å². The van der Waals surface area contributed by atoms with Gasteiger partial charge < -0.3 is 10.1 Å². The van der Waals surface area contributed by atoms with E-state index in [-0.39, 0.29) is 17.5 Å². The summed E-state index contributed by atoms with van der Waals surface area (Å²) in [5.74, 6) is -0.176. The van der Waals surface area contributed by atoms with Gasteiger partial charge >= 0.3 is 0 Å². The average molecular weight is 332 g/mol. The number of methoxy groups -OCH3 is 1. The van der Waals surface area contributed by atoms with Gasteiger partial charge in [-0.1, -0.05) is 28.9 Å². The molecule has 0 saturated carbocycles. The number of hydrogen-bond acceptors (Lipinski definition) is 2. The van der Waals surface area contributed by atoms with Crippen molar-refractivity contribution in [1.29, 1.82) is 0 Å². The molecule has 1 aromatic carbocycles. The summed E-state index contributed by atoms with van der Waals surface area (Å²) in [6.07, 6.45) is 1.65. The van der Waals surface area contributed by atoms with E-state index >= 15 is 0 Å². The highest BCUT2D eigenvalue weighted by molar-refractivity contribution is 9.10. The third-order valence-corrected chi connectivity index (χ3v) is 3.94. The minimum Gasteiger partial charge on any atom is -0.377 e. The topological polar surface area (TPSA) is 21.3 Å². The van der Waals surface area contributed by atoms with E-state index in [4.69, 9.17) is 4.74 Å². The van der Waals surface area contributed by atoms with Gasteiger partial charge in [0.25, 0.3) is 0 Å². The molecule has 1 N–H and O–H groups in total. The largest absolute Gasteiger partial charge is 0.377 e. The maximum absolute atomic E-state index is 13.9. The van der Waals surface area contributed by atoms with Gasteiger partial charge in [-0.05, 0) is 50.9 Å². The van der Waals surface area contributed by atoms with Crippen LogP contribution in [0.25, 0.3) is 0 Å². The summed E-state index contributed by atoms with van der Waals surface area (Å²) in [7, 11) is 1.69. The number of hydrogen-bond donors (Lipinski definition) is 1. The molecule has 1 aromatic rings. The maximum atomic E-state index is 13.9. The van der Waals surface area contributed by atoms with Gasteiger partial charge in [-0.15, -0.1) is 0 Å². The third kappa shape index (κ3) is 4.86. The Morgan fingerprint density at radius 2 is 2.11 bits per heavy atom. The van der Waals surface area contributed by atoms with Crippen molar-refractivity contribution in [1.82, 2.24) is 5.32 Å². The summed E-state index contributed by atoms with van der Waals surface area (Å²) >= 11 is 3.28. The SMILES string of the molecule is CCCNC(Cc1ccc(Br)cc1F)C(C)(C)OC. The molecule has 0 aromatic heterocycles. The van der Waals surface area contributed by atoms with Crippen molar-refractivity contribution in [2.24, 2.45) is 0 Å². The zero-order valence-electron chi connectivity index (χ0n) is 12.1. The zero-order valence-corrected chi connectivity index (χ0v) is 13.7. The lowest BCUT2D eigenvalue weighted by molar-refractivity contribution is -0.0102. The average Bonchev–Trinajstić information content (AvgIpc) is 2.36. The second kappa shape index (κ2) is 7.36. The van der Waals surface area contributed by atoms with Gasteiger partial charge in [0.15, 0.2) is 0 Å². The molecule has 0 aliphatic heterocycles. The van der Waals surface area contributed by atoms with E-state index in [0.717, 1.165) is 17.4 Å². The van der Waals surface area contributed by atoms with E-state index < -0.39 is 0 Å². The molecule has 108 valence electrons. The molecule has 1 unspecified atom stereocenters. The second-order valence-electron chi connectivity index (χ2n) is 5.25. The van der Waals surface area contributed by atoms with Crippen LogP contribution in [0.15, 0.2) is 22.7 Å². The predicted octanol–water partition coefficient (Wildman–Crippen LogP) is 3.92. The summed E-state index contributed by atoms with van der Waals surface area (Å²) in [6, 6.07) is 5.28. The first-order chi connectivity index (χ1) is 8.90. The predicted molar refractivity (Wildman–Crippen MR) is 81.0 cm³/mol. The number of ether oxygens (including phenoxy) is 1.